The van der Waals surface area contributed by atoms with Crippen LogP contribution in [0.1, 0.15) is 12.5 Å². The summed E-state index contributed by atoms with van der Waals surface area (Å²) in [4.78, 5) is 16.5. The molecule has 1 unspecified atom stereocenters. The van der Waals surface area contributed by atoms with E-state index in [4.69, 9.17) is 0 Å². The normalized spacial score (nSPS) is 14.5. The second-order valence-electron chi connectivity index (χ2n) is 5.43. The van der Waals surface area contributed by atoms with Crippen molar-refractivity contribution < 1.29 is 22.4 Å². The highest BCUT2D eigenvalue weighted by atomic mass is 19.2. The fourth-order valence-corrected chi connectivity index (χ4v) is 2.69. The minimum absolute atomic E-state index is 0.425. The first kappa shape index (κ1) is 16.2. The molecule has 1 aromatic heterocycles. The van der Waals surface area contributed by atoms with Crippen LogP contribution < -0.4 is 10.2 Å². The fourth-order valence-electron chi connectivity index (χ4n) is 2.69. The second kappa shape index (κ2) is 6.10. The van der Waals surface area contributed by atoms with Gasteiger partial charge in [-0.15, -0.1) is 0 Å². The first-order chi connectivity index (χ1) is 11.4. The molecule has 3 rings (SSSR count). The number of aromatic nitrogens is 1. The smallest absolute Gasteiger partial charge is 0.253 e. The minimum Gasteiger partial charge on any atom is -0.369 e. The largest absolute Gasteiger partial charge is 0.369 e. The molecule has 0 fully saturated rings. The van der Waals surface area contributed by atoms with E-state index in [1.165, 1.54) is 11.8 Å². The summed E-state index contributed by atoms with van der Waals surface area (Å²) in [6.45, 7) is 1.78. The summed E-state index contributed by atoms with van der Waals surface area (Å²) >= 11 is 0. The van der Waals surface area contributed by atoms with Gasteiger partial charge in [-0.3, -0.25) is 4.79 Å². The molecular formula is C16H13F4N3O. The minimum atomic E-state index is -1.78. The van der Waals surface area contributed by atoms with Crippen LogP contribution in [0.2, 0.25) is 0 Å². The number of carbonyl (C=O) groups is 1. The number of hydrogen-bond donors (Lipinski definition) is 1. The topological polar surface area (TPSA) is 45.2 Å². The van der Waals surface area contributed by atoms with Gasteiger partial charge in [0.25, 0.3) is 11.9 Å². The molecule has 4 nitrogen and oxygen atoms in total. The molecule has 24 heavy (non-hydrogen) atoms. The van der Waals surface area contributed by atoms with Gasteiger partial charge in [-0.1, -0.05) is 18.2 Å². The van der Waals surface area contributed by atoms with Crippen LogP contribution in [-0.4, -0.2) is 23.5 Å². The highest BCUT2D eigenvalue weighted by Crippen LogP contribution is 2.29. The molecule has 1 aliphatic heterocycles. The number of amides is 1. The molecule has 0 saturated carbocycles. The molecule has 1 aliphatic rings. The number of benzene rings is 1. The van der Waals surface area contributed by atoms with Crippen molar-refractivity contribution in [2.24, 2.45) is 0 Å². The molecule has 0 bridgehead atoms. The highest BCUT2D eigenvalue weighted by molar-refractivity contribution is 6.00. The molecule has 1 amide bonds. The first-order valence-electron chi connectivity index (χ1n) is 7.26. The molecule has 1 atom stereocenters. The molecule has 1 aromatic carbocycles. The highest BCUT2D eigenvalue weighted by Gasteiger charge is 2.30. The Morgan fingerprint density at radius 1 is 1.17 bits per heavy atom. The fraction of sp³-hybridized carbons (Fsp3) is 0.250. The van der Waals surface area contributed by atoms with Crippen molar-refractivity contribution in [3.63, 3.8) is 0 Å². The van der Waals surface area contributed by atoms with Crippen LogP contribution in [-0.2, 0) is 11.2 Å². The number of halogens is 4. The zero-order valence-corrected chi connectivity index (χ0v) is 12.6. The van der Waals surface area contributed by atoms with E-state index in [1.54, 1.807) is 12.1 Å². The maximum absolute atomic E-state index is 13.7. The summed E-state index contributed by atoms with van der Waals surface area (Å²) in [5, 5.41) is 2.21. The SMILES string of the molecule is CC(Nc1c(F)c(F)nc(F)c1F)C(=O)N1CCc2ccccc21. The zero-order valence-electron chi connectivity index (χ0n) is 12.6. The Hall–Kier alpha value is -2.64. The van der Waals surface area contributed by atoms with Crippen LogP contribution in [0, 0.1) is 23.5 Å². The third-order valence-electron chi connectivity index (χ3n) is 3.88. The number of carbonyl (C=O) groups excluding carboxylic acids is 1. The summed E-state index contributed by atoms with van der Waals surface area (Å²) in [7, 11) is 0. The number of anilines is 2. The number of fused-ring (bicyclic) bond motifs is 1. The molecule has 8 heteroatoms. The van der Waals surface area contributed by atoms with Crippen LogP contribution in [0.4, 0.5) is 28.9 Å². The molecule has 1 N–H and O–H groups in total. The molecule has 2 aromatic rings. The van der Waals surface area contributed by atoms with Crippen LogP contribution in [0.15, 0.2) is 24.3 Å². The van der Waals surface area contributed by atoms with Gasteiger partial charge in [0, 0.05) is 12.2 Å². The van der Waals surface area contributed by atoms with E-state index in [9.17, 15) is 22.4 Å². The maximum atomic E-state index is 13.7. The van der Waals surface area contributed by atoms with Gasteiger partial charge in [0.1, 0.15) is 11.7 Å². The van der Waals surface area contributed by atoms with Crippen molar-refractivity contribution in [2.75, 3.05) is 16.8 Å². The van der Waals surface area contributed by atoms with Gasteiger partial charge in [0.2, 0.25) is 17.5 Å². The standard InChI is InChI=1S/C16H13F4N3O/c1-8(21-13-11(17)14(19)22-15(20)12(13)18)16(24)23-7-6-9-4-2-3-5-10(9)23/h2-5,8H,6-7H2,1H3,(H,21,22). The Kier molecular flexibility index (Phi) is 4.13. The lowest BCUT2D eigenvalue weighted by Gasteiger charge is -2.23. The predicted octanol–water partition coefficient (Wildman–Crippen LogP) is 3.03. The Bertz CT molecular complexity index is 786. The quantitative estimate of drug-likeness (QED) is 0.691. The number of rotatable bonds is 3. The zero-order chi connectivity index (χ0) is 17.4. The maximum Gasteiger partial charge on any atom is 0.253 e. The summed E-state index contributed by atoms with van der Waals surface area (Å²) in [6.07, 6.45) is 0.663. The van der Waals surface area contributed by atoms with Gasteiger partial charge in [0.05, 0.1) is 0 Å². The van der Waals surface area contributed by atoms with Gasteiger partial charge in [-0.25, -0.2) is 0 Å². The van der Waals surface area contributed by atoms with Gasteiger partial charge in [-0.2, -0.15) is 22.5 Å². The van der Waals surface area contributed by atoms with Crippen LogP contribution in [0.25, 0.3) is 0 Å². The summed E-state index contributed by atoms with van der Waals surface area (Å²) in [5.74, 6) is -7.35. The lowest BCUT2D eigenvalue weighted by atomic mass is 10.2. The first-order valence-corrected chi connectivity index (χ1v) is 7.26. The third-order valence-corrected chi connectivity index (χ3v) is 3.88. The average molecular weight is 339 g/mol. The Labute approximate surface area is 135 Å². The van der Waals surface area contributed by atoms with Crippen LogP contribution in [0.3, 0.4) is 0 Å². The Balaban J connectivity index is 1.84. The lowest BCUT2D eigenvalue weighted by molar-refractivity contribution is -0.118. The van der Waals surface area contributed by atoms with E-state index in [1.807, 2.05) is 12.1 Å². The summed E-state index contributed by atoms with van der Waals surface area (Å²) < 4.78 is 53.6. The molecular weight excluding hydrogens is 326 g/mol. The predicted molar refractivity (Wildman–Crippen MR) is 79.7 cm³/mol. The molecule has 0 aliphatic carbocycles. The third kappa shape index (κ3) is 2.68. The monoisotopic (exact) mass is 339 g/mol. The van der Waals surface area contributed by atoms with Gasteiger partial charge in [-0.05, 0) is 25.0 Å². The van der Waals surface area contributed by atoms with Gasteiger partial charge in [0.15, 0.2) is 0 Å². The van der Waals surface area contributed by atoms with Crippen molar-refractivity contribution in [3.05, 3.63) is 53.4 Å². The van der Waals surface area contributed by atoms with Gasteiger partial charge < -0.3 is 10.2 Å². The lowest BCUT2D eigenvalue weighted by Crippen LogP contribution is -2.41. The van der Waals surface area contributed by atoms with Crippen molar-refractivity contribution in [1.82, 2.24) is 4.98 Å². The van der Waals surface area contributed by atoms with E-state index in [2.05, 4.69) is 10.3 Å². The summed E-state index contributed by atoms with van der Waals surface area (Å²) in [5.41, 5.74) is 0.647. The number of nitrogens with one attached hydrogen (secondary N) is 1. The van der Waals surface area contributed by atoms with E-state index in [0.29, 0.717) is 18.7 Å². The van der Waals surface area contributed by atoms with Crippen LogP contribution in [0.5, 0.6) is 0 Å². The van der Waals surface area contributed by atoms with Crippen molar-refractivity contribution in [2.45, 2.75) is 19.4 Å². The number of nitrogens with zero attached hydrogens (tertiary/aromatic N) is 2. The number of pyridine rings is 1. The Morgan fingerprint density at radius 2 is 1.79 bits per heavy atom. The average Bonchev–Trinajstić information content (AvgIpc) is 3.00. The van der Waals surface area contributed by atoms with Crippen LogP contribution >= 0.6 is 0 Å². The Morgan fingerprint density at radius 3 is 2.46 bits per heavy atom. The van der Waals surface area contributed by atoms with E-state index >= 15 is 0 Å². The molecule has 0 radical (unpaired) electrons. The van der Waals surface area contributed by atoms with E-state index in [-0.39, 0.29) is 0 Å². The van der Waals surface area contributed by atoms with Gasteiger partial charge >= 0.3 is 0 Å². The van der Waals surface area contributed by atoms with E-state index < -0.39 is 41.2 Å². The molecule has 0 saturated heterocycles. The van der Waals surface area contributed by atoms with Crippen molar-refractivity contribution >= 4 is 17.3 Å². The van der Waals surface area contributed by atoms with Crippen molar-refractivity contribution in [1.29, 1.82) is 0 Å². The molecule has 0 spiro atoms. The number of para-hydroxylation sites is 1. The second-order valence-corrected chi connectivity index (χ2v) is 5.43. The summed E-state index contributed by atoms with van der Waals surface area (Å²) in [6, 6.07) is 6.17. The molecule has 2 heterocycles. The number of hydrogen-bond acceptors (Lipinski definition) is 3. The molecule has 126 valence electrons. The van der Waals surface area contributed by atoms with E-state index in [0.717, 1.165) is 5.56 Å². The van der Waals surface area contributed by atoms with Crippen molar-refractivity contribution in [3.8, 4) is 0 Å².